The molecule has 0 aliphatic carbocycles. The third-order valence-electron chi connectivity index (χ3n) is 4.67. The first-order chi connectivity index (χ1) is 13.0. The molecular formula is C21H28N2O4S. The summed E-state index contributed by atoms with van der Waals surface area (Å²) < 4.78 is 31.0. The molecule has 2 aromatic carbocycles. The minimum absolute atomic E-state index is 0.243. The highest BCUT2D eigenvalue weighted by atomic mass is 32.2. The number of carbonyl (C=O) groups excluding carboxylic acids is 1. The molecule has 0 bridgehead atoms. The number of methoxy groups -OCH3 is 1. The molecule has 0 fully saturated rings. The zero-order valence-electron chi connectivity index (χ0n) is 17.2. The summed E-state index contributed by atoms with van der Waals surface area (Å²) in [6.07, 6.45) is 1.09. The Bertz CT molecular complexity index is 939. The SMILES string of the molecule is COc1ccc(N([C@H](C)C(=O)N[C@H](C)c2ccc(C)cc2C)S(C)(=O)=O)cc1. The van der Waals surface area contributed by atoms with Crippen LogP contribution >= 0.6 is 0 Å². The van der Waals surface area contributed by atoms with Gasteiger partial charge in [-0.2, -0.15) is 0 Å². The van der Waals surface area contributed by atoms with E-state index in [-0.39, 0.29) is 11.9 Å². The summed E-state index contributed by atoms with van der Waals surface area (Å²) in [5, 5.41) is 2.93. The van der Waals surface area contributed by atoms with Crippen molar-refractivity contribution < 1.29 is 17.9 Å². The number of amides is 1. The van der Waals surface area contributed by atoms with Gasteiger partial charge < -0.3 is 10.1 Å². The van der Waals surface area contributed by atoms with Gasteiger partial charge in [0.2, 0.25) is 15.9 Å². The van der Waals surface area contributed by atoms with Crippen molar-refractivity contribution in [1.29, 1.82) is 0 Å². The number of anilines is 1. The molecule has 0 radical (unpaired) electrons. The molecule has 1 amide bonds. The van der Waals surface area contributed by atoms with Gasteiger partial charge in [0.1, 0.15) is 11.8 Å². The molecular weight excluding hydrogens is 376 g/mol. The van der Waals surface area contributed by atoms with E-state index >= 15 is 0 Å². The van der Waals surface area contributed by atoms with E-state index in [4.69, 9.17) is 4.74 Å². The van der Waals surface area contributed by atoms with Crippen LogP contribution in [0.4, 0.5) is 5.69 Å². The standard InChI is InChI=1S/C21H28N2O4S/c1-14-7-12-20(15(2)13-14)16(3)22-21(24)17(4)23(28(6,25)26)18-8-10-19(27-5)11-9-18/h7-13,16-17H,1-6H3,(H,22,24)/t16-,17-/m1/s1. The highest BCUT2D eigenvalue weighted by Crippen LogP contribution is 2.25. The zero-order valence-corrected chi connectivity index (χ0v) is 18.0. The summed E-state index contributed by atoms with van der Waals surface area (Å²) in [5.41, 5.74) is 3.64. The third-order valence-corrected chi connectivity index (χ3v) is 5.91. The predicted molar refractivity (Wildman–Crippen MR) is 112 cm³/mol. The Morgan fingerprint density at radius 3 is 2.18 bits per heavy atom. The fraction of sp³-hybridized carbons (Fsp3) is 0.381. The van der Waals surface area contributed by atoms with Gasteiger partial charge in [0.25, 0.3) is 0 Å². The van der Waals surface area contributed by atoms with Crippen molar-refractivity contribution in [3.63, 3.8) is 0 Å². The van der Waals surface area contributed by atoms with Gasteiger partial charge in [0, 0.05) is 0 Å². The van der Waals surface area contributed by atoms with E-state index in [2.05, 4.69) is 11.4 Å². The number of nitrogens with one attached hydrogen (secondary N) is 1. The van der Waals surface area contributed by atoms with Crippen molar-refractivity contribution in [2.75, 3.05) is 17.7 Å². The van der Waals surface area contributed by atoms with Gasteiger partial charge in [-0.15, -0.1) is 0 Å². The van der Waals surface area contributed by atoms with Crippen molar-refractivity contribution in [1.82, 2.24) is 5.32 Å². The summed E-state index contributed by atoms with van der Waals surface area (Å²) in [6, 6.07) is 11.5. The molecule has 7 heteroatoms. The molecule has 0 aromatic heterocycles. The lowest BCUT2D eigenvalue weighted by Crippen LogP contribution is -2.48. The summed E-state index contributed by atoms with van der Waals surface area (Å²) in [6.45, 7) is 7.48. The Morgan fingerprint density at radius 2 is 1.68 bits per heavy atom. The lowest BCUT2D eigenvalue weighted by molar-refractivity contribution is -0.122. The minimum atomic E-state index is -3.66. The molecule has 28 heavy (non-hydrogen) atoms. The number of hydrogen-bond donors (Lipinski definition) is 1. The monoisotopic (exact) mass is 404 g/mol. The van der Waals surface area contributed by atoms with Crippen LogP contribution in [0.1, 0.15) is 36.6 Å². The molecule has 0 aliphatic heterocycles. The van der Waals surface area contributed by atoms with Crippen LogP contribution in [0.25, 0.3) is 0 Å². The van der Waals surface area contributed by atoms with Gasteiger partial charge in [-0.05, 0) is 63.1 Å². The lowest BCUT2D eigenvalue weighted by atomic mass is 10.00. The van der Waals surface area contributed by atoms with Crippen molar-refractivity contribution in [2.45, 2.75) is 39.8 Å². The topological polar surface area (TPSA) is 75.7 Å². The highest BCUT2D eigenvalue weighted by Gasteiger charge is 2.30. The first kappa shape index (κ1) is 21.8. The minimum Gasteiger partial charge on any atom is -0.497 e. The molecule has 2 atom stereocenters. The largest absolute Gasteiger partial charge is 0.497 e. The maximum absolute atomic E-state index is 12.8. The van der Waals surface area contributed by atoms with Crippen LogP contribution in [0.2, 0.25) is 0 Å². The zero-order chi connectivity index (χ0) is 21.1. The van der Waals surface area contributed by atoms with Crippen LogP contribution in [0, 0.1) is 13.8 Å². The van der Waals surface area contributed by atoms with Gasteiger partial charge in [-0.3, -0.25) is 9.10 Å². The second-order valence-corrected chi connectivity index (χ2v) is 8.88. The molecule has 0 unspecified atom stereocenters. The number of sulfonamides is 1. The number of rotatable bonds is 7. The van der Waals surface area contributed by atoms with Gasteiger partial charge in [-0.25, -0.2) is 8.42 Å². The third kappa shape index (κ3) is 5.04. The molecule has 0 aliphatic rings. The van der Waals surface area contributed by atoms with Gasteiger partial charge in [-0.1, -0.05) is 23.8 Å². The van der Waals surface area contributed by atoms with Crippen LogP contribution < -0.4 is 14.4 Å². The second kappa shape index (κ2) is 8.65. The van der Waals surface area contributed by atoms with E-state index in [1.165, 1.54) is 7.11 Å². The van der Waals surface area contributed by atoms with E-state index in [0.29, 0.717) is 11.4 Å². The fourth-order valence-electron chi connectivity index (χ4n) is 3.26. The molecule has 1 N–H and O–H groups in total. The Kier molecular flexibility index (Phi) is 6.72. The summed E-state index contributed by atoms with van der Waals surface area (Å²) in [7, 11) is -2.13. The van der Waals surface area contributed by atoms with Gasteiger partial charge >= 0.3 is 0 Å². The number of benzene rings is 2. The number of aryl methyl sites for hydroxylation is 2. The van der Waals surface area contributed by atoms with Crippen molar-refractivity contribution in [3.8, 4) is 5.75 Å². The van der Waals surface area contributed by atoms with Gasteiger partial charge in [0.15, 0.2) is 0 Å². The Labute approximate surface area is 167 Å². The van der Waals surface area contributed by atoms with Crippen LogP contribution in [0.15, 0.2) is 42.5 Å². The van der Waals surface area contributed by atoms with Crippen LogP contribution in [0.5, 0.6) is 5.75 Å². The number of nitrogens with zero attached hydrogens (tertiary/aromatic N) is 1. The normalized spacial score (nSPS) is 13.5. The van der Waals surface area contributed by atoms with Crippen LogP contribution in [0.3, 0.4) is 0 Å². The number of ether oxygens (including phenoxy) is 1. The first-order valence-corrected chi connectivity index (χ1v) is 10.9. The molecule has 2 aromatic rings. The average Bonchev–Trinajstić information content (AvgIpc) is 2.61. The summed E-state index contributed by atoms with van der Waals surface area (Å²) in [4.78, 5) is 12.8. The van der Waals surface area contributed by atoms with E-state index in [9.17, 15) is 13.2 Å². The van der Waals surface area contributed by atoms with Crippen LogP contribution in [-0.4, -0.2) is 33.7 Å². The van der Waals surface area contributed by atoms with Crippen molar-refractivity contribution >= 4 is 21.6 Å². The molecule has 2 rings (SSSR count). The maximum atomic E-state index is 12.8. The Morgan fingerprint density at radius 1 is 1.07 bits per heavy atom. The van der Waals surface area contributed by atoms with E-state index < -0.39 is 16.1 Å². The molecule has 6 nitrogen and oxygen atoms in total. The second-order valence-electron chi connectivity index (χ2n) is 7.02. The molecule has 152 valence electrons. The van der Waals surface area contributed by atoms with E-state index in [1.54, 1.807) is 31.2 Å². The summed E-state index contributed by atoms with van der Waals surface area (Å²) >= 11 is 0. The van der Waals surface area contributed by atoms with Crippen molar-refractivity contribution in [2.24, 2.45) is 0 Å². The van der Waals surface area contributed by atoms with E-state index in [1.807, 2.05) is 32.9 Å². The summed E-state index contributed by atoms with van der Waals surface area (Å²) in [5.74, 6) is 0.242. The lowest BCUT2D eigenvalue weighted by Gasteiger charge is -2.29. The quantitative estimate of drug-likeness (QED) is 0.768. The van der Waals surface area contributed by atoms with Crippen molar-refractivity contribution in [3.05, 3.63) is 59.2 Å². The Hall–Kier alpha value is -2.54. The van der Waals surface area contributed by atoms with E-state index in [0.717, 1.165) is 27.3 Å². The molecule has 0 heterocycles. The molecule has 0 spiro atoms. The Balaban J connectivity index is 2.25. The number of carbonyl (C=O) groups is 1. The fourth-order valence-corrected chi connectivity index (χ4v) is 4.44. The average molecular weight is 405 g/mol. The maximum Gasteiger partial charge on any atom is 0.244 e. The highest BCUT2D eigenvalue weighted by molar-refractivity contribution is 7.92. The molecule has 0 saturated carbocycles. The smallest absolute Gasteiger partial charge is 0.244 e. The van der Waals surface area contributed by atoms with Crippen LogP contribution in [-0.2, 0) is 14.8 Å². The predicted octanol–water partition coefficient (Wildman–Crippen LogP) is 3.34. The number of hydrogen-bond acceptors (Lipinski definition) is 4. The van der Waals surface area contributed by atoms with Gasteiger partial charge in [0.05, 0.1) is 25.1 Å². The first-order valence-electron chi connectivity index (χ1n) is 9.05. The molecule has 0 saturated heterocycles.